The van der Waals surface area contributed by atoms with Gasteiger partial charge < -0.3 is 5.32 Å². The Kier molecular flexibility index (Phi) is 4.29. The van der Waals surface area contributed by atoms with Crippen molar-refractivity contribution in [2.75, 3.05) is 0 Å². The van der Waals surface area contributed by atoms with E-state index < -0.39 is 0 Å². The Hall–Kier alpha value is -2.59. The summed E-state index contributed by atoms with van der Waals surface area (Å²) in [6.07, 6.45) is 3.58. The van der Waals surface area contributed by atoms with Crippen molar-refractivity contribution < 1.29 is 0 Å². The molecule has 4 heteroatoms. The van der Waals surface area contributed by atoms with Crippen molar-refractivity contribution in [2.45, 2.75) is 13.1 Å². The maximum Gasteiger partial charge on any atom is 0.0890 e. The molecule has 0 unspecified atom stereocenters. The summed E-state index contributed by atoms with van der Waals surface area (Å²) in [5.41, 5.74) is 3.81. The summed E-state index contributed by atoms with van der Waals surface area (Å²) in [7, 11) is 0. The topological polar surface area (TPSA) is 50.7 Å². The Morgan fingerprint density at radius 3 is 2.14 bits per heavy atom. The van der Waals surface area contributed by atoms with E-state index in [9.17, 15) is 0 Å². The minimum absolute atomic E-state index is 0.706. The van der Waals surface area contributed by atoms with Crippen LogP contribution in [0, 0.1) is 0 Å². The summed E-state index contributed by atoms with van der Waals surface area (Å²) < 4.78 is 0. The van der Waals surface area contributed by atoms with Crippen LogP contribution in [0.3, 0.4) is 0 Å². The van der Waals surface area contributed by atoms with Crippen LogP contribution in [0.5, 0.6) is 0 Å². The molecule has 3 heterocycles. The van der Waals surface area contributed by atoms with Crippen molar-refractivity contribution in [3.63, 3.8) is 0 Å². The van der Waals surface area contributed by atoms with E-state index in [1.807, 2.05) is 54.6 Å². The first-order chi connectivity index (χ1) is 10.4. The number of nitrogens with one attached hydrogen (secondary N) is 1. The predicted molar refractivity (Wildman–Crippen MR) is 82.2 cm³/mol. The van der Waals surface area contributed by atoms with Crippen LogP contribution < -0.4 is 5.32 Å². The van der Waals surface area contributed by atoms with Crippen LogP contribution in [0.15, 0.2) is 67.0 Å². The molecular formula is C17H16N4. The molecule has 1 N–H and O–H groups in total. The first kappa shape index (κ1) is 13.4. The number of rotatable bonds is 5. The molecule has 0 atom stereocenters. The van der Waals surface area contributed by atoms with Crippen LogP contribution in [0.25, 0.3) is 11.4 Å². The van der Waals surface area contributed by atoms with E-state index in [0.717, 1.165) is 29.3 Å². The average molecular weight is 276 g/mol. The summed E-state index contributed by atoms with van der Waals surface area (Å²) in [6, 6.07) is 17.7. The van der Waals surface area contributed by atoms with E-state index >= 15 is 0 Å². The summed E-state index contributed by atoms with van der Waals surface area (Å²) in [5.74, 6) is 0. The molecule has 0 bridgehead atoms. The first-order valence-corrected chi connectivity index (χ1v) is 6.90. The van der Waals surface area contributed by atoms with Crippen LogP contribution >= 0.6 is 0 Å². The zero-order valence-corrected chi connectivity index (χ0v) is 11.6. The van der Waals surface area contributed by atoms with Gasteiger partial charge in [0.2, 0.25) is 0 Å². The van der Waals surface area contributed by atoms with Crippen molar-refractivity contribution in [3.8, 4) is 11.4 Å². The van der Waals surface area contributed by atoms with Crippen LogP contribution in [0.4, 0.5) is 0 Å². The first-order valence-electron chi connectivity index (χ1n) is 6.90. The van der Waals surface area contributed by atoms with Crippen molar-refractivity contribution in [2.24, 2.45) is 0 Å². The molecule has 0 fully saturated rings. The molecule has 0 aliphatic rings. The van der Waals surface area contributed by atoms with Gasteiger partial charge in [0.05, 0.1) is 22.8 Å². The van der Waals surface area contributed by atoms with Gasteiger partial charge in [-0.2, -0.15) is 0 Å². The highest BCUT2D eigenvalue weighted by atomic mass is 14.9. The molecule has 0 amide bonds. The Morgan fingerprint density at radius 2 is 1.38 bits per heavy atom. The van der Waals surface area contributed by atoms with Crippen LogP contribution in [-0.2, 0) is 13.1 Å². The molecule has 104 valence electrons. The fraction of sp³-hybridized carbons (Fsp3) is 0.118. The van der Waals surface area contributed by atoms with Gasteiger partial charge in [0.15, 0.2) is 0 Å². The fourth-order valence-corrected chi connectivity index (χ4v) is 2.06. The van der Waals surface area contributed by atoms with Crippen LogP contribution in [0.2, 0.25) is 0 Å². The molecule has 3 aromatic rings. The lowest BCUT2D eigenvalue weighted by Crippen LogP contribution is -2.14. The van der Waals surface area contributed by atoms with Gasteiger partial charge in [0.1, 0.15) is 0 Å². The lowest BCUT2D eigenvalue weighted by atomic mass is 10.2. The minimum atomic E-state index is 0.706. The van der Waals surface area contributed by atoms with Crippen molar-refractivity contribution >= 4 is 0 Å². The Balaban J connectivity index is 1.64. The quantitative estimate of drug-likeness (QED) is 0.778. The van der Waals surface area contributed by atoms with E-state index in [1.54, 1.807) is 12.4 Å². The second kappa shape index (κ2) is 6.72. The van der Waals surface area contributed by atoms with Crippen LogP contribution in [-0.4, -0.2) is 15.0 Å². The molecule has 0 aliphatic heterocycles. The highest BCUT2D eigenvalue weighted by Crippen LogP contribution is 2.13. The van der Waals surface area contributed by atoms with Gasteiger partial charge >= 0.3 is 0 Å². The predicted octanol–water partition coefficient (Wildman–Crippen LogP) is 2.83. The summed E-state index contributed by atoms with van der Waals surface area (Å²) in [5, 5.41) is 3.35. The zero-order chi connectivity index (χ0) is 14.3. The molecule has 21 heavy (non-hydrogen) atoms. The van der Waals surface area contributed by atoms with E-state index in [0.29, 0.717) is 6.54 Å². The average Bonchev–Trinajstić information content (AvgIpc) is 2.57. The van der Waals surface area contributed by atoms with Gasteiger partial charge in [0, 0.05) is 25.5 Å². The third kappa shape index (κ3) is 3.70. The molecule has 0 aromatic carbocycles. The van der Waals surface area contributed by atoms with Gasteiger partial charge in [-0.15, -0.1) is 0 Å². The highest BCUT2D eigenvalue weighted by Gasteiger charge is 2.01. The van der Waals surface area contributed by atoms with Crippen molar-refractivity contribution in [1.82, 2.24) is 20.3 Å². The summed E-state index contributed by atoms with van der Waals surface area (Å²) >= 11 is 0. The highest BCUT2D eigenvalue weighted by molar-refractivity contribution is 5.53. The Morgan fingerprint density at radius 1 is 0.667 bits per heavy atom. The number of hydrogen-bond acceptors (Lipinski definition) is 4. The Bertz CT molecular complexity index is 683. The SMILES string of the molecule is c1ccc(CNCc2cccc(-c3ccccn3)n2)nc1. The number of nitrogens with zero attached hydrogens (tertiary/aromatic N) is 3. The Labute approximate surface area is 123 Å². The number of pyridine rings is 3. The fourth-order valence-electron chi connectivity index (χ4n) is 2.06. The number of aromatic nitrogens is 3. The molecule has 3 rings (SSSR count). The molecule has 0 aliphatic carbocycles. The zero-order valence-electron chi connectivity index (χ0n) is 11.6. The molecule has 0 saturated carbocycles. The maximum absolute atomic E-state index is 4.63. The van der Waals surface area contributed by atoms with Gasteiger partial charge in [-0.3, -0.25) is 9.97 Å². The second-order valence-electron chi connectivity index (χ2n) is 4.65. The van der Waals surface area contributed by atoms with E-state index in [-0.39, 0.29) is 0 Å². The molecule has 0 saturated heterocycles. The summed E-state index contributed by atoms with van der Waals surface area (Å²) in [6.45, 7) is 1.44. The molecule has 4 nitrogen and oxygen atoms in total. The minimum Gasteiger partial charge on any atom is -0.306 e. The van der Waals surface area contributed by atoms with E-state index in [2.05, 4.69) is 20.3 Å². The van der Waals surface area contributed by atoms with Crippen molar-refractivity contribution in [3.05, 3.63) is 78.4 Å². The lowest BCUT2D eigenvalue weighted by Gasteiger charge is -2.06. The second-order valence-corrected chi connectivity index (χ2v) is 4.65. The van der Waals surface area contributed by atoms with Gasteiger partial charge in [-0.1, -0.05) is 18.2 Å². The standard InChI is InChI=1S/C17H16N4/c1-3-10-19-14(6-1)12-18-13-15-7-5-9-17(21-15)16-8-2-4-11-20-16/h1-11,18H,12-13H2. The lowest BCUT2D eigenvalue weighted by molar-refractivity contribution is 0.668. The van der Waals surface area contributed by atoms with Crippen molar-refractivity contribution in [1.29, 1.82) is 0 Å². The van der Waals surface area contributed by atoms with Gasteiger partial charge in [-0.25, -0.2) is 4.98 Å². The van der Waals surface area contributed by atoms with E-state index in [1.165, 1.54) is 0 Å². The monoisotopic (exact) mass is 276 g/mol. The van der Waals surface area contributed by atoms with E-state index in [4.69, 9.17) is 0 Å². The molecule has 3 aromatic heterocycles. The summed E-state index contributed by atoms with van der Waals surface area (Å²) in [4.78, 5) is 13.2. The van der Waals surface area contributed by atoms with Gasteiger partial charge in [0.25, 0.3) is 0 Å². The molecule has 0 radical (unpaired) electrons. The maximum atomic E-state index is 4.63. The normalized spacial score (nSPS) is 10.5. The third-order valence-corrected chi connectivity index (χ3v) is 3.07. The molecule has 0 spiro atoms. The number of hydrogen-bond donors (Lipinski definition) is 1. The third-order valence-electron chi connectivity index (χ3n) is 3.07. The smallest absolute Gasteiger partial charge is 0.0890 e. The molecular weight excluding hydrogens is 260 g/mol. The van der Waals surface area contributed by atoms with Gasteiger partial charge in [-0.05, 0) is 36.4 Å². The largest absolute Gasteiger partial charge is 0.306 e. The van der Waals surface area contributed by atoms with Crippen LogP contribution in [0.1, 0.15) is 11.4 Å².